The number of nitrogens with one attached hydrogen (secondary N) is 6. The Morgan fingerprint density at radius 3 is 1.05 bits per heavy atom. The van der Waals surface area contributed by atoms with Gasteiger partial charge in [0.05, 0.1) is 70.3 Å². The van der Waals surface area contributed by atoms with Crippen LogP contribution in [-0.4, -0.2) is 205 Å². The third kappa shape index (κ3) is 31.1. The lowest BCUT2D eigenvalue weighted by Crippen LogP contribution is -2.55. The van der Waals surface area contributed by atoms with E-state index in [9.17, 15) is 43.5 Å². The van der Waals surface area contributed by atoms with Crippen molar-refractivity contribution in [1.82, 2.24) is 65.4 Å². The van der Waals surface area contributed by atoms with Crippen LogP contribution < -0.4 is 46.6 Å². The predicted octanol–water partition coefficient (Wildman–Crippen LogP) is 17.2. The second-order valence-corrected chi connectivity index (χ2v) is 33.2. The molecule has 0 aliphatic rings. The first-order valence-electron chi connectivity index (χ1n) is 41.8. The Bertz CT molecular complexity index is 5980. The summed E-state index contributed by atoms with van der Waals surface area (Å²) in [6.45, 7) is 10.2. The van der Waals surface area contributed by atoms with E-state index in [-0.39, 0.29) is 44.4 Å². The zero-order valence-corrected chi connectivity index (χ0v) is 80.4. The maximum Gasteiger partial charge on any atom is 0.420 e. The lowest BCUT2D eigenvalue weighted by Gasteiger charge is -2.35. The number of nitrogens with zero attached hydrogens (tertiary/aromatic N) is 13. The summed E-state index contributed by atoms with van der Waals surface area (Å²) in [5, 5.41) is 23.0. The van der Waals surface area contributed by atoms with Crippen molar-refractivity contribution >= 4 is 186 Å². The van der Waals surface area contributed by atoms with Crippen LogP contribution in [-0.2, 0) is 42.9 Å². The van der Waals surface area contributed by atoms with Gasteiger partial charge in [-0.3, -0.25) is 14.4 Å². The number of halogens is 2. The molecule has 8 aromatic heterocycles. The molecule has 9 N–H and O–H groups in total. The van der Waals surface area contributed by atoms with E-state index in [1.165, 1.54) is 21.3 Å². The van der Waals surface area contributed by atoms with Crippen molar-refractivity contribution in [3.05, 3.63) is 303 Å². The number of carboxylic acids is 1. The number of aromatic nitrogens is 10. The number of nitrogens with two attached hydrogens (primary N) is 1. The first-order valence-corrected chi connectivity index (χ1v) is 44.7. The Kier molecular flexibility index (Phi) is 41.1. The van der Waals surface area contributed by atoms with Crippen molar-refractivity contribution in [3.63, 3.8) is 0 Å². The molecule has 136 heavy (non-hydrogen) atoms. The molecule has 0 radical (unpaired) electrons. The quantitative estimate of drug-likeness (QED) is 0.00901. The number of methoxy groups -OCH3 is 3. The van der Waals surface area contributed by atoms with Crippen LogP contribution in [0, 0.1) is 0 Å². The number of para-hydroxylation sites is 4. The minimum Gasteiger partial charge on any atom is -0.480 e. The number of aromatic amines is 2. The summed E-state index contributed by atoms with van der Waals surface area (Å²) in [4.78, 5) is 152. The number of amides is 4. The number of thiol groups is 2. The Hall–Kier alpha value is -14.9. The molecule has 4 atom stereocenters. The molecule has 8 heterocycles. The van der Waals surface area contributed by atoms with Gasteiger partial charge >= 0.3 is 36.1 Å². The second kappa shape index (κ2) is 52.5. The molecule has 2 unspecified atom stereocenters. The molecule has 0 saturated heterocycles. The van der Waals surface area contributed by atoms with Crippen LogP contribution in [0.3, 0.4) is 0 Å². The average molecular weight is 1940 g/mol. The van der Waals surface area contributed by atoms with Crippen molar-refractivity contribution in [2.45, 2.75) is 76.9 Å². The van der Waals surface area contributed by atoms with Gasteiger partial charge in [0.2, 0.25) is 11.9 Å². The standard InChI is InChI=1S/C29H27N7O3.C28H25N7O3.C25H33N3O6.C15H17N3O2.2ClH.H2S3/c1-30-29-32-15-13-23(35-29)24-17-20-16-19(11-12-22(20)33-24)27(37)34-25(28(38)39-2)18-36(21-8-4-3-5-9-21)26-10-6-7-14-31-26;1-29-28-31-14-12-22(34-28)23-16-19-15-18(10-11-21(19)32-23)26(36)33-24(27(37)38)17-35(20-7-3-2-4-8-20)25-9-5-6-13-30-25;1-24(2,3)33-22(30)28(23(31)34-25(4,5)6)19(21(29)32-7)17-27(18-13-9-8-10-14-18)20-15-11-12-16-26-20;1-20-15(19)13(16)11-18(12-7-3-2-4-8-12)14-9-5-6-10-17-14;;;1-3-2/h3-17,25,33H,18H2,1-2H3,(H,34,37)(H,30,32,35);2-16,24,32H,17H2,1H3,(H,33,36)(H,37,38)(H,29,31,34);8-16,19H,17H2,1-7H3;2-10,13H,11,16H2,1H3;2*1H;1-2H/t25-;24-;;;;;/m00...../s1. The van der Waals surface area contributed by atoms with E-state index >= 15 is 0 Å². The zero-order chi connectivity index (χ0) is 96.3. The van der Waals surface area contributed by atoms with Crippen LogP contribution >= 0.6 is 58.0 Å². The second-order valence-electron chi connectivity index (χ2n) is 31.0. The zero-order valence-electron chi connectivity index (χ0n) is 76.1. The third-order valence-corrected chi connectivity index (χ3v) is 19.4. The monoisotopic (exact) mass is 1940 g/mol. The van der Waals surface area contributed by atoms with Crippen molar-refractivity contribution < 1.29 is 67.1 Å². The summed E-state index contributed by atoms with van der Waals surface area (Å²) in [6.07, 6.45) is 7.92. The number of pyridine rings is 4. The third-order valence-electron chi connectivity index (χ3n) is 19.4. The lowest BCUT2D eigenvalue weighted by molar-refractivity contribution is -0.146. The van der Waals surface area contributed by atoms with Gasteiger partial charge in [-0.15, -0.1) is 24.8 Å². The summed E-state index contributed by atoms with van der Waals surface area (Å²) < 4.78 is 25.6. The Balaban J connectivity index is 0.000000224. The van der Waals surface area contributed by atoms with E-state index in [0.29, 0.717) is 63.3 Å². The van der Waals surface area contributed by atoms with Crippen LogP contribution in [0.4, 0.5) is 67.5 Å². The molecule has 710 valence electrons. The van der Waals surface area contributed by atoms with E-state index in [2.05, 4.69) is 99.2 Å². The number of anilines is 10. The lowest BCUT2D eigenvalue weighted by atomic mass is 10.1. The van der Waals surface area contributed by atoms with Gasteiger partial charge in [0.15, 0.2) is 6.04 Å². The normalized spacial score (nSPS) is 11.5. The summed E-state index contributed by atoms with van der Waals surface area (Å²) in [5.74, 6) is -0.389. The van der Waals surface area contributed by atoms with Crippen molar-refractivity contribution in [3.8, 4) is 22.8 Å². The number of carboxylic acid groups (broad SMARTS) is 1. The summed E-state index contributed by atoms with van der Waals surface area (Å²) >= 11 is 7.14. The summed E-state index contributed by atoms with van der Waals surface area (Å²) in [6, 6.07) is 73.2. The summed E-state index contributed by atoms with van der Waals surface area (Å²) in [7, 11) is 8.46. The summed E-state index contributed by atoms with van der Waals surface area (Å²) in [5.41, 5.74) is 12.6. The van der Waals surface area contributed by atoms with Crippen molar-refractivity contribution in [1.29, 1.82) is 0 Å². The van der Waals surface area contributed by atoms with E-state index in [1.54, 1.807) is 175 Å². The number of H-pyrrole nitrogens is 2. The molecule has 6 aromatic carbocycles. The van der Waals surface area contributed by atoms with E-state index in [1.807, 2.05) is 192 Å². The topological polar surface area (TPSA) is 428 Å². The van der Waals surface area contributed by atoms with Crippen LogP contribution in [0.15, 0.2) is 292 Å². The minimum atomic E-state index is -1.39. The number of carbonyl (C=O) groups is 8. The molecule has 0 bridgehead atoms. The van der Waals surface area contributed by atoms with Gasteiger partial charge < -0.3 is 85.4 Å². The molecular weight excluding hydrogens is 1840 g/mol. The number of ether oxygens (including phenoxy) is 5. The first-order chi connectivity index (χ1) is 64.5. The highest BCUT2D eigenvalue weighted by Crippen LogP contribution is 2.32. The van der Waals surface area contributed by atoms with Crippen molar-refractivity contribution in [2.24, 2.45) is 5.73 Å². The number of benzene rings is 6. The molecule has 0 fully saturated rings. The molecule has 0 aliphatic heterocycles. The van der Waals surface area contributed by atoms with Crippen LogP contribution in [0.2, 0.25) is 0 Å². The number of carbonyl (C=O) groups excluding carboxylic acids is 7. The highest BCUT2D eigenvalue weighted by Gasteiger charge is 2.43. The van der Waals surface area contributed by atoms with Crippen LogP contribution in [0.25, 0.3) is 44.6 Å². The first kappa shape index (κ1) is 106. The van der Waals surface area contributed by atoms with Crippen molar-refractivity contribution in [2.75, 3.05) is 91.8 Å². The van der Waals surface area contributed by atoms with Gasteiger partial charge in [0, 0.05) is 107 Å². The molecular formula is C97H106Cl2N20O14S3. The number of esters is 3. The fraction of sp³-hybridized carbons (Fsp3) is 0.216. The largest absolute Gasteiger partial charge is 0.480 e. The number of fused-ring (bicyclic) bond motifs is 2. The molecule has 14 aromatic rings. The smallest absolute Gasteiger partial charge is 0.420 e. The van der Waals surface area contributed by atoms with E-state index in [0.717, 1.165) is 71.6 Å². The van der Waals surface area contributed by atoms with Gasteiger partial charge in [-0.2, -0.15) is 4.90 Å². The van der Waals surface area contributed by atoms with Crippen LogP contribution in [0.1, 0.15) is 62.3 Å². The maximum atomic E-state index is 13.3. The van der Waals surface area contributed by atoms with Crippen LogP contribution in [0.5, 0.6) is 0 Å². The number of rotatable bonds is 29. The van der Waals surface area contributed by atoms with Gasteiger partial charge in [0.25, 0.3) is 11.8 Å². The van der Waals surface area contributed by atoms with Gasteiger partial charge in [-0.25, -0.2) is 63.8 Å². The van der Waals surface area contributed by atoms with Gasteiger partial charge in [-0.05, 0) is 209 Å². The number of hydrogen-bond acceptors (Lipinski definition) is 31. The van der Waals surface area contributed by atoms with E-state index < -0.39 is 83.2 Å². The SMILES string of the molecule is CNc1nccc(-c2cc3cc(C(=O)N[C@@H](CN(c4ccccc4)c4ccccn4)C(=O)O)ccc3[nH]2)n1.CNc1nccc(-c2cc3cc(C(=O)N[C@@H](CN(c4ccccc4)c4ccccn4)C(=O)OC)ccc3[nH]2)n1.COC(=O)C(CN(c1ccccc1)c1ccccn1)N(C(=O)OC(C)(C)C)C(=O)OC(C)(C)C.COC(=O)C(N)CN(c1ccccc1)c1ccccn1.Cl.Cl.SSS. The maximum absolute atomic E-state index is 13.3. The Labute approximate surface area is 813 Å². The fourth-order valence-electron chi connectivity index (χ4n) is 13.2. The Morgan fingerprint density at radius 1 is 0.412 bits per heavy atom. The average Bonchev–Trinajstić information content (AvgIpc) is 1.70. The molecule has 0 spiro atoms. The molecule has 34 nitrogen and oxygen atoms in total. The highest BCUT2D eigenvalue weighted by atomic mass is 35.5. The van der Waals surface area contributed by atoms with E-state index in [4.69, 9.17) is 24.7 Å². The number of hydrogen-bond donors (Lipinski definition) is 10. The molecule has 14 rings (SSSR count). The van der Waals surface area contributed by atoms with Gasteiger partial charge in [0.1, 0.15) is 52.6 Å². The fourth-order valence-corrected chi connectivity index (χ4v) is 13.2. The minimum absolute atomic E-state index is 0. The number of imide groups is 1. The number of aliphatic carboxylic acids is 1. The predicted molar refractivity (Wildman–Crippen MR) is 541 cm³/mol. The molecule has 0 saturated carbocycles. The van der Waals surface area contributed by atoms with Gasteiger partial charge in [-0.1, -0.05) is 120 Å². The molecule has 0 aliphatic carbocycles. The molecule has 4 amide bonds. The Morgan fingerprint density at radius 2 is 0.735 bits per heavy atom. The molecule has 39 heteroatoms. The highest BCUT2D eigenvalue weighted by molar-refractivity contribution is 9.01.